The number of amides is 1. The maximum absolute atomic E-state index is 12.9. The normalized spacial score (nSPS) is 10.5. The van der Waals surface area contributed by atoms with E-state index in [1.807, 2.05) is 24.3 Å². The van der Waals surface area contributed by atoms with E-state index in [4.69, 9.17) is 9.15 Å². The summed E-state index contributed by atoms with van der Waals surface area (Å²) in [5.41, 5.74) is 0.571. The zero-order valence-corrected chi connectivity index (χ0v) is 14.0. The molecule has 1 heterocycles. The molecule has 128 valence electrons. The average Bonchev–Trinajstić information content (AvgIpc) is 3.09. The lowest BCUT2D eigenvalue weighted by Crippen LogP contribution is -2.14. The van der Waals surface area contributed by atoms with Crippen LogP contribution in [0.2, 0.25) is 0 Å². The Morgan fingerprint density at radius 3 is 2.56 bits per heavy atom. The lowest BCUT2D eigenvalue weighted by molar-refractivity contribution is -0.113. The predicted octanol–water partition coefficient (Wildman–Crippen LogP) is 3.62. The molecular formula is C17H14FN3O3S. The Morgan fingerprint density at radius 2 is 1.88 bits per heavy atom. The molecular weight excluding hydrogens is 345 g/mol. The van der Waals surface area contributed by atoms with E-state index in [-0.39, 0.29) is 29.4 Å². The van der Waals surface area contributed by atoms with Crippen molar-refractivity contribution < 1.29 is 18.3 Å². The van der Waals surface area contributed by atoms with Gasteiger partial charge >= 0.3 is 6.01 Å². The lowest BCUT2D eigenvalue weighted by atomic mass is 10.2. The SMILES string of the molecule is COc1ccc(SCC(=O)Nc2nnc(-c3ccc(F)cc3)o2)cc1. The molecule has 0 spiro atoms. The Bertz CT molecular complexity index is 850. The molecule has 3 rings (SSSR count). The number of carbonyl (C=O) groups is 1. The van der Waals surface area contributed by atoms with Gasteiger partial charge in [-0.05, 0) is 48.5 Å². The van der Waals surface area contributed by atoms with Gasteiger partial charge in [0.25, 0.3) is 0 Å². The van der Waals surface area contributed by atoms with Gasteiger partial charge in [0.15, 0.2) is 0 Å². The summed E-state index contributed by atoms with van der Waals surface area (Å²) in [6, 6.07) is 13.0. The molecule has 0 unspecified atom stereocenters. The van der Waals surface area contributed by atoms with Gasteiger partial charge < -0.3 is 9.15 Å². The van der Waals surface area contributed by atoms with Crippen LogP contribution in [0.3, 0.4) is 0 Å². The summed E-state index contributed by atoms with van der Waals surface area (Å²) in [5, 5.41) is 10.1. The summed E-state index contributed by atoms with van der Waals surface area (Å²) in [6.07, 6.45) is 0. The first-order valence-electron chi connectivity index (χ1n) is 7.30. The summed E-state index contributed by atoms with van der Waals surface area (Å²) in [7, 11) is 1.60. The van der Waals surface area contributed by atoms with Gasteiger partial charge in [-0.1, -0.05) is 5.10 Å². The third-order valence-corrected chi connectivity index (χ3v) is 4.20. The van der Waals surface area contributed by atoms with Crippen molar-refractivity contribution in [3.63, 3.8) is 0 Å². The van der Waals surface area contributed by atoms with E-state index in [0.29, 0.717) is 5.56 Å². The number of nitrogens with one attached hydrogen (secondary N) is 1. The van der Waals surface area contributed by atoms with E-state index in [9.17, 15) is 9.18 Å². The van der Waals surface area contributed by atoms with Crippen molar-refractivity contribution in [2.75, 3.05) is 18.2 Å². The molecule has 25 heavy (non-hydrogen) atoms. The quantitative estimate of drug-likeness (QED) is 0.678. The van der Waals surface area contributed by atoms with Gasteiger partial charge in [0.1, 0.15) is 11.6 Å². The van der Waals surface area contributed by atoms with Crippen molar-refractivity contribution in [2.24, 2.45) is 0 Å². The van der Waals surface area contributed by atoms with Crippen molar-refractivity contribution in [3.05, 3.63) is 54.3 Å². The summed E-state index contributed by atoms with van der Waals surface area (Å²) in [5.74, 6) is 0.536. The van der Waals surface area contributed by atoms with Gasteiger partial charge in [0.2, 0.25) is 11.8 Å². The minimum Gasteiger partial charge on any atom is -0.497 e. The average molecular weight is 359 g/mol. The number of halogens is 1. The Kier molecular flexibility index (Phi) is 5.30. The zero-order valence-electron chi connectivity index (χ0n) is 13.2. The van der Waals surface area contributed by atoms with E-state index >= 15 is 0 Å². The number of hydrogen-bond donors (Lipinski definition) is 1. The third-order valence-electron chi connectivity index (χ3n) is 3.19. The fourth-order valence-corrected chi connectivity index (χ4v) is 2.66. The Balaban J connectivity index is 1.55. The summed E-state index contributed by atoms with van der Waals surface area (Å²) < 4.78 is 23.4. The van der Waals surface area contributed by atoms with Gasteiger partial charge in [0.05, 0.1) is 12.9 Å². The Morgan fingerprint density at radius 1 is 1.16 bits per heavy atom. The van der Waals surface area contributed by atoms with Crippen LogP contribution in [0.5, 0.6) is 5.75 Å². The highest BCUT2D eigenvalue weighted by molar-refractivity contribution is 8.00. The molecule has 0 saturated heterocycles. The molecule has 1 aromatic heterocycles. The Hall–Kier alpha value is -2.87. The molecule has 0 aliphatic carbocycles. The molecule has 1 amide bonds. The zero-order chi connectivity index (χ0) is 17.6. The van der Waals surface area contributed by atoms with E-state index in [1.165, 1.54) is 36.0 Å². The minimum atomic E-state index is -0.354. The number of rotatable bonds is 6. The number of benzene rings is 2. The second kappa shape index (κ2) is 7.80. The van der Waals surface area contributed by atoms with Crippen LogP contribution in [-0.2, 0) is 4.79 Å². The van der Waals surface area contributed by atoms with Crippen LogP contribution in [-0.4, -0.2) is 29.0 Å². The van der Waals surface area contributed by atoms with Crippen LogP contribution in [0.25, 0.3) is 11.5 Å². The number of carbonyl (C=O) groups excluding carboxylic acids is 1. The van der Waals surface area contributed by atoms with Crippen LogP contribution >= 0.6 is 11.8 Å². The van der Waals surface area contributed by atoms with Gasteiger partial charge in [-0.25, -0.2) is 4.39 Å². The number of anilines is 1. The van der Waals surface area contributed by atoms with E-state index in [1.54, 1.807) is 7.11 Å². The van der Waals surface area contributed by atoms with Crippen molar-refractivity contribution >= 4 is 23.7 Å². The second-order valence-corrected chi connectivity index (χ2v) is 5.98. The number of nitrogens with zero attached hydrogens (tertiary/aromatic N) is 2. The van der Waals surface area contributed by atoms with Crippen LogP contribution in [0, 0.1) is 5.82 Å². The van der Waals surface area contributed by atoms with Crippen LogP contribution in [0.15, 0.2) is 57.8 Å². The number of thioether (sulfide) groups is 1. The molecule has 0 atom stereocenters. The standard InChI is InChI=1S/C17H14FN3O3S/c1-23-13-6-8-14(9-7-13)25-10-15(22)19-17-21-20-16(24-17)11-2-4-12(18)5-3-11/h2-9H,10H2,1H3,(H,19,21,22). The second-order valence-electron chi connectivity index (χ2n) is 4.93. The molecule has 1 N–H and O–H groups in total. The highest BCUT2D eigenvalue weighted by Crippen LogP contribution is 2.22. The maximum atomic E-state index is 12.9. The van der Waals surface area contributed by atoms with Gasteiger partial charge in [-0.3, -0.25) is 10.1 Å². The third kappa shape index (κ3) is 4.57. The van der Waals surface area contributed by atoms with Crippen molar-refractivity contribution in [3.8, 4) is 17.2 Å². The monoisotopic (exact) mass is 359 g/mol. The molecule has 0 fully saturated rings. The molecule has 6 nitrogen and oxygen atoms in total. The largest absolute Gasteiger partial charge is 0.497 e. The topological polar surface area (TPSA) is 77.2 Å². The fraction of sp³-hybridized carbons (Fsp3) is 0.118. The molecule has 0 saturated carbocycles. The molecule has 0 radical (unpaired) electrons. The first kappa shape index (κ1) is 17.0. The van der Waals surface area contributed by atoms with E-state index in [0.717, 1.165) is 10.6 Å². The lowest BCUT2D eigenvalue weighted by Gasteiger charge is -2.03. The molecule has 8 heteroatoms. The van der Waals surface area contributed by atoms with Gasteiger partial charge in [-0.15, -0.1) is 16.9 Å². The van der Waals surface area contributed by atoms with Gasteiger partial charge in [0, 0.05) is 10.5 Å². The highest BCUT2D eigenvalue weighted by atomic mass is 32.2. The number of aromatic nitrogens is 2. The fourth-order valence-electron chi connectivity index (χ4n) is 1.96. The minimum absolute atomic E-state index is 0.000319. The molecule has 0 bridgehead atoms. The Labute approximate surface area is 147 Å². The van der Waals surface area contributed by atoms with Gasteiger partial charge in [-0.2, -0.15) is 0 Å². The predicted molar refractivity (Wildman–Crippen MR) is 92.0 cm³/mol. The summed E-state index contributed by atoms with van der Waals surface area (Å²) >= 11 is 1.37. The summed E-state index contributed by atoms with van der Waals surface area (Å²) in [6.45, 7) is 0. The van der Waals surface area contributed by atoms with E-state index in [2.05, 4.69) is 15.5 Å². The maximum Gasteiger partial charge on any atom is 0.322 e. The molecule has 2 aromatic carbocycles. The van der Waals surface area contributed by atoms with E-state index < -0.39 is 0 Å². The van der Waals surface area contributed by atoms with Crippen LogP contribution < -0.4 is 10.1 Å². The van der Waals surface area contributed by atoms with Crippen molar-refractivity contribution in [1.82, 2.24) is 10.2 Å². The smallest absolute Gasteiger partial charge is 0.322 e. The first-order valence-corrected chi connectivity index (χ1v) is 8.29. The van der Waals surface area contributed by atoms with Crippen LogP contribution in [0.1, 0.15) is 0 Å². The van der Waals surface area contributed by atoms with Crippen LogP contribution in [0.4, 0.5) is 10.4 Å². The highest BCUT2D eigenvalue weighted by Gasteiger charge is 2.12. The molecule has 3 aromatic rings. The first-order chi connectivity index (χ1) is 12.1. The van der Waals surface area contributed by atoms with Crippen molar-refractivity contribution in [2.45, 2.75) is 4.90 Å². The number of methoxy groups -OCH3 is 1. The number of hydrogen-bond acceptors (Lipinski definition) is 6. The van der Waals surface area contributed by atoms with Crippen molar-refractivity contribution in [1.29, 1.82) is 0 Å². The number of ether oxygens (including phenoxy) is 1. The molecule has 0 aliphatic rings. The summed E-state index contributed by atoms with van der Waals surface area (Å²) in [4.78, 5) is 12.9. The molecule has 0 aliphatic heterocycles.